The van der Waals surface area contributed by atoms with Crippen molar-refractivity contribution in [2.45, 2.75) is 4.90 Å². The zero-order chi connectivity index (χ0) is 22.7. The van der Waals surface area contributed by atoms with Crippen LogP contribution in [0, 0.1) is 0 Å². The van der Waals surface area contributed by atoms with Gasteiger partial charge in [0, 0.05) is 16.8 Å². The van der Waals surface area contributed by atoms with Gasteiger partial charge in [0.05, 0.1) is 13.3 Å². The van der Waals surface area contributed by atoms with Crippen molar-refractivity contribution in [1.29, 1.82) is 0 Å². The van der Waals surface area contributed by atoms with Gasteiger partial charge in [-0.2, -0.15) is 0 Å². The third-order valence-electron chi connectivity index (χ3n) is 4.45. The lowest BCUT2D eigenvalue weighted by molar-refractivity contribution is 0.215. The SMILES string of the molecule is COc1ccc(Cl)cc1S(=O)(=O)N1C=COc2ccc(OC(=O)Nc3ccccc3)cc21. The van der Waals surface area contributed by atoms with E-state index in [2.05, 4.69) is 5.32 Å². The van der Waals surface area contributed by atoms with Crippen molar-refractivity contribution in [1.82, 2.24) is 0 Å². The van der Waals surface area contributed by atoms with Crippen LogP contribution in [0.4, 0.5) is 16.2 Å². The third-order valence-corrected chi connectivity index (χ3v) is 6.40. The number of hydrogen-bond acceptors (Lipinski definition) is 6. The minimum Gasteiger partial charge on any atom is -0.495 e. The van der Waals surface area contributed by atoms with Crippen LogP contribution in [0.15, 0.2) is 84.1 Å². The van der Waals surface area contributed by atoms with Crippen LogP contribution in [0.5, 0.6) is 17.2 Å². The lowest BCUT2D eigenvalue weighted by Crippen LogP contribution is -2.28. The molecule has 0 aliphatic carbocycles. The van der Waals surface area contributed by atoms with Crippen LogP contribution in [0.25, 0.3) is 0 Å². The highest BCUT2D eigenvalue weighted by Crippen LogP contribution is 2.40. The Hall–Kier alpha value is -3.69. The number of carbonyl (C=O) groups is 1. The van der Waals surface area contributed by atoms with Crippen molar-refractivity contribution in [2.75, 3.05) is 16.7 Å². The molecule has 1 N–H and O–H groups in total. The van der Waals surface area contributed by atoms with Crippen molar-refractivity contribution in [3.8, 4) is 17.2 Å². The summed E-state index contributed by atoms with van der Waals surface area (Å²) in [6.45, 7) is 0. The Morgan fingerprint density at radius 3 is 2.59 bits per heavy atom. The summed E-state index contributed by atoms with van der Waals surface area (Å²) in [6.07, 6.45) is 1.75. The highest BCUT2D eigenvalue weighted by molar-refractivity contribution is 7.93. The number of amides is 1. The maximum Gasteiger partial charge on any atom is 0.417 e. The summed E-state index contributed by atoms with van der Waals surface area (Å²) in [5, 5.41) is 2.82. The first kappa shape index (κ1) is 21.5. The zero-order valence-electron chi connectivity index (χ0n) is 16.7. The molecular weight excluding hydrogens is 456 g/mol. The van der Waals surface area contributed by atoms with Gasteiger partial charge in [-0.25, -0.2) is 17.5 Å². The van der Waals surface area contributed by atoms with E-state index in [-0.39, 0.29) is 32.9 Å². The minimum atomic E-state index is -4.13. The van der Waals surface area contributed by atoms with E-state index in [1.165, 1.54) is 56.0 Å². The van der Waals surface area contributed by atoms with Crippen molar-refractivity contribution in [3.05, 3.63) is 84.2 Å². The van der Waals surface area contributed by atoms with E-state index in [0.717, 1.165) is 4.31 Å². The van der Waals surface area contributed by atoms with E-state index < -0.39 is 16.1 Å². The Morgan fingerprint density at radius 2 is 1.84 bits per heavy atom. The number of hydrogen-bond donors (Lipinski definition) is 1. The Kier molecular flexibility index (Phi) is 5.93. The van der Waals surface area contributed by atoms with Gasteiger partial charge in [-0.1, -0.05) is 29.8 Å². The molecule has 0 atom stereocenters. The number of carbonyl (C=O) groups excluding carboxylic acids is 1. The maximum absolute atomic E-state index is 13.4. The molecule has 8 nitrogen and oxygen atoms in total. The van der Waals surface area contributed by atoms with Crippen LogP contribution in [-0.4, -0.2) is 21.6 Å². The number of ether oxygens (including phenoxy) is 3. The second-order valence-corrected chi connectivity index (χ2v) is 8.73. The van der Waals surface area contributed by atoms with E-state index in [0.29, 0.717) is 5.69 Å². The summed E-state index contributed by atoms with van der Waals surface area (Å²) >= 11 is 6.02. The van der Waals surface area contributed by atoms with Crippen molar-refractivity contribution < 1.29 is 27.4 Å². The summed E-state index contributed by atoms with van der Waals surface area (Å²) < 4.78 is 43.8. The Bertz CT molecular complexity index is 1300. The number of anilines is 2. The number of nitrogens with zero attached hydrogens (tertiary/aromatic N) is 1. The standard InChI is InChI=1S/C22H17ClN2O6S/c1-29-20-9-7-15(23)13-21(20)32(27,28)25-11-12-30-19-10-8-17(14-18(19)25)31-22(26)24-16-5-3-2-4-6-16/h2-14H,1H3,(H,24,26). The summed E-state index contributed by atoms with van der Waals surface area (Å²) in [7, 11) is -2.77. The molecule has 1 aliphatic heterocycles. The lowest BCUT2D eigenvalue weighted by Gasteiger charge is -2.26. The first-order valence-electron chi connectivity index (χ1n) is 9.28. The number of fused-ring (bicyclic) bond motifs is 1. The highest BCUT2D eigenvalue weighted by Gasteiger charge is 2.31. The number of nitrogens with one attached hydrogen (secondary N) is 1. The second-order valence-electron chi connectivity index (χ2n) is 6.51. The number of para-hydroxylation sites is 1. The normalized spacial score (nSPS) is 12.5. The smallest absolute Gasteiger partial charge is 0.417 e. The van der Waals surface area contributed by atoms with Gasteiger partial charge in [0.25, 0.3) is 10.0 Å². The average molecular weight is 473 g/mol. The fourth-order valence-electron chi connectivity index (χ4n) is 3.01. The predicted molar refractivity (Wildman–Crippen MR) is 120 cm³/mol. The largest absolute Gasteiger partial charge is 0.495 e. The highest BCUT2D eigenvalue weighted by atomic mass is 35.5. The van der Waals surface area contributed by atoms with E-state index in [1.807, 2.05) is 6.07 Å². The van der Waals surface area contributed by atoms with Gasteiger partial charge in [0.1, 0.15) is 28.3 Å². The molecule has 3 aromatic rings. The van der Waals surface area contributed by atoms with Crippen LogP contribution in [0.3, 0.4) is 0 Å². The fraction of sp³-hybridized carbons (Fsp3) is 0.0455. The van der Waals surface area contributed by atoms with E-state index >= 15 is 0 Å². The van der Waals surface area contributed by atoms with Gasteiger partial charge in [-0.05, 0) is 42.5 Å². The Labute approximate surface area is 189 Å². The summed E-state index contributed by atoms with van der Waals surface area (Å²) in [4.78, 5) is 12.1. The van der Waals surface area contributed by atoms with Crippen molar-refractivity contribution in [2.24, 2.45) is 0 Å². The molecule has 0 bridgehead atoms. The van der Waals surface area contributed by atoms with Gasteiger partial charge in [-0.15, -0.1) is 0 Å². The molecule has 3 aromatic carbocycles. The van der Waals surface area contributed by atoms with Gasteiger partial charge in [0.2, 0.25) is 0 Å². The molecule has 0 saturated carbocycles. The van der Waals surface area contributed by atoms with Gasteiger partial charge < -0.3 is 14.2 Å². The van der Waals surface area contributed by atoms with Crippen LogP contribution in [0.1, 0.15) is 0 Å². The molecule has 0 saturated heterocycles. The Balaban J connectivity index is 1.65. The van der Waals surface area contributed by atoms with Gasteiger partial charge in [0.15, 0.2) is 5.75 Å². The molecule has 1 amide bonds. The minimum absolute atomic E-state index is 0.120. The molecular formula is C22H17ClN2O6S. The van der Waals surface area contributed by atoms with Crippen molar-refractivity contribution >= 4 is 39.1 Å². The average Bonchev–Trinajstić information content (AvgIpc) is 2.79. The molecule has 1 heterocycles. The molecule has 10 heteroatoms. The molecule has 4 rings (SSSR count). The van der Waals surface area contributed by atoms with E-state index in [1.54, 1.807) is 24.3 Å². The molecule has 32 heavy (non-hydrogen) atoms. The van der Waals surface area contributed by atoms with Gasteiger partial charge in [-0.3, -0.25) is 5.32 Å². The fourth-order valence-corrected chi connectivity index (χ4v) is 4.75. The molecule has 0 aromatic heterocycles. The van der Waals surface area contributed by atoms with E-state index in [9.17, 15) is 13.2 Å². The summed E-state index contributed by atoms with van der Waals surface area (Å²) in [5.74, 6) is 0.507. The van der Waals surface area contributed by atoms with Gasteiger partial charge >= 0.3 is 6.09 Å². The van der Waals surface area contributed by atoms with Crippen LogP contribution >= 0.6 is 11.6 Å². The number of benzene rings is 3. The summed E-state index contributed by atoms with van der Waals surface area (Å²) in [5.41, 5.74) is 0.707. The first-order chi connectivity index (χ1) is 15.4. The first-order valence-corrected chi connectivity index (χ1v) is 11.1. The maximum atomic E-state index is 13.4. The second kappa shape index (κ2) is 8.81. The van der Waals surface area contributed by atoms with Crippen LogP contribution in [0.2, 0.25) is 5.02 Å². The number of sulfonamides is 1. The van der Waals surface area contributed by atoms with Crippen molar-refractivity contribution in [3.63, 3.8) is 0 Å². The predicted octanol–water partition coefficient (Wildman–Crippen LogP) is 5.02. The molecule has 1 aliphatic rings. The molecule has 0 fully saturated rings. The molecule has 164 valence electrons. The Morgan fingerprint density at radius 1 is 1.06 bits per heavy atom. The van der Waals surface area contributed by atoms with Crippen LogP contribution in [-0.2, 0) is 10.0 Å². The number of halogens is 1. The molecule has 0 radical (unpaired) electrons. The third kappa shape index (κ3) is 4.34. The molecule has 0 spiro atoms. The zero-order valence-corrected chi connectivity index (χ0v) is 18.3. The summed E-state index contributed by atoms with van der Waals surface area (Å²) in [6, 6.07) is 17.4. The quantitative estimate of drug-likeness (QED) is 0.560. The monoisotopic (exact) mass is 472 g/mol. The number of rotatable bonds is 5. The van der Waals surface area contributed by atoms with E-state index in [4.69, 9.17) is 25.8 Å². The topological polar surface area (TPSA) is 94.2 Å². The number of methoxy groups -OCH3 is 1. The lowest BCUT2D eigenvalue weighted by atomic mass is 10.2. The van der Waals surface area contributed by atoms with Crippen LogP contribution < -0.4 is 23.8 Å². The molecule has 0 unspecified atom stereocenters.